The monoisotopic (exact) mass is 313 g/mol. The summed E-state index contributed by atoms with van der Waals surface area (Å²) in [5, 5.41) is 4.90. The summed E-state index contributed by atoms with van der Waals surface area (Å²) in [4.78, 5) is 4.61. The molecule has 0 amide bonds. The Kier molecular flexibility index (Phi) is 3.73. The molecule has 0 aliphatic heterocycles. The van der Waals surface area contributed by atoms with Crippen LogP contribution in [0.25, 0.3) is 10.9 Å². The van der Waals surface area contributed by atoms with E-state index in [1.807, 2.05) is 42.5 Å². The number of nitrogens with zero attached hydrogens (tertiary/aromatic N) is 1. The third-order valence-corrected chi connectivity index (χ3v) is 3.69. The summed E-state index contributed by atoms with van der Waals surface area (Å²) in [6.45, 7) is 0. The molecule has 0 aliphatic rings. The average Bonchev–Trinajstić information content (AvgIpc) is 2.47. The number of rotatable bonds is 3. The number of fused-ring (bicyclic) bond motifs is 1. The topological polar surface area (TPSA) is 50.9 Å². The summed E-state index contributed by atoms with van der Waals surface area (Å²) in [5.41, 5.74) is 9.06. The van der Waals surface area contributed by atoms with Crippen molar-refractivity contribution in [3.05, 3.63) is 65.3 Å². The van der Waals surface area contributed by atoms with Crippen molar-refractivity contribution in [3.63, 3.8) is 0 Å². The van der Waals surface area contributed by atoms with Crippen LogP contribution >= 0.6 is 23.8 Å². The maximum atomic E-state index is 6.19. The highest BCUT2D eigenvalue weighted by Crippen LogP contribution is 2.30. The molecule has 1 heterocycles. The van der Waals surface area contributed by atoms with E-state index in [0.717, 1.165) is 22.3 Å². The highest BCUT2D eigenvalue weighted by molar-refractivity contribution is 7.80. The molecule has 5 heteroatoms. The SMILES string of the molecule is NC(=S)c1c(Cl)cccc1Nc1cccc2ncccc12. The second-order valence-corrected chi connectivity index (χ2v) is 5.37. The van der Waals surface area contributed by atoms with Crippen molar-refractivity contribution in [1.29, 1.82) is 0 Å². The van der Waals surface area contributed by atoms with Crippen molar-refractivity contribution in [2.75, 3.05) is 5.32 Å². The Labute approximate surface area is 132 Å². The summed E-state index contributed by atoms with van der Waals surface area (Å²) in [5.74, 6) is 0. The molecule has 0 saturated heterocycles. The standard InChI is InChI=1S/C16H12ClN3S/c17-11-5-1-8-14(15(11)16(18)21)20-13-7-2-6-12-10(13)4-3-9-19-12/h1-9,20H,(H2,18,21). The third-order valence-electron chi connectivity index (χ3n) is 3.18. The number of anilines is 2. The maximum absolute atomic E-state index is 6.19. The maximum Gasteiger partial charge on any atom is 0.107 e. The normalized spacial score (nSPS) is 10.5. The lowest BCUT2D eigenvalue weighted by molar-refractivity contribution is 1.41. The Hall–Kier alpha value is -2.17. The van der Waals surface area contributed by atoms with Gasteiger partial charge in [-0.05, 0) is 36.4 Å². The van der Waals surface area contributed by atoms with Gasteiger partial charge in [0.1, 0.15) is 4.99 Å². The molecule has 3 nitrogen and oxygen atoms in total. The van der Waals surface area contributed by atoms with Crippen LogP contribution in [0.15, 0.2) is 54.7 Å². The number of nitrogens with one attached hydrogen (secondary N) is 1. The minimum Gasteiger partial charge on any atom is -0.389 e. The minimum absolute atomic E-state index is 0.265. The van der Waals surface area contributed by atoms with Crippen molar-refractivity contribution >= 4 is 51.1 Å². The number of nitrogens with two attached hydrogens (primary N) is 1. The van der Waals surface area contributed by atoms with Gasteiger partial charge in [-0.1, -0.05) is 36.0 Å². The molecule has 104 valence electrons. The lowest BCUT2D eigenvalue weighted by Crippen LogP contribution is -2.12. The largest absolute Gasteiger partial charge is 0.389 e. The van der Waals surface area contributed by atoms with Crippen LogP contribution < -0.4 is 11.1 Å². The van der Waals surface area contributed by atoms with E-state index >= 15 is 0 Å². The average molecular weight is 314 g/mol. The summed E-state index contributed by atoms with van der Waals surface area (Å²) < 4.78 is 0. The van der Waals surface area contributed by atoms with Gasteiger partial charge in [-0.25, -0.2) is 0 Å². The summed E-state index contributed by atoms with van der Waals surface area (Å²) in [7, 11) is 0. The van der Waals surface area contributed by atoms with Crippen molar-refractivity contribution in [3.8, 4) is 0 Å². The first-order chi connectivity index (χ1) is 10.2. The Balaban J connectivity index is 2.12. The number of pyridine rings is 1. The molecule has 0 bridgehead atoms. The summed E-state index contributed by atoms with van der Waals surface area (Å²) in [6, 6.07) is 15.3. The van der Waals surface area contributed by atoms with Crippen LogP contribution in [0.1, 0.15) is 5.56 Å². The van der Waals surface area contributed by atoms with Crippen molar-refractivity contribution in [2.45, 2.75) is 0 Å². The summed E-state index contributed by atoms with van der Waals surface area (Å²) in [6.07, 6.45) is 1.77. The molecule has 3 rings (SSSR count). The van der Waals surface area contributed by atoms with E-state index in [0.29, 0.717) is 10.6 Å². The quantitative estimate of drug-likeness (QED) is 0.709. The third kappa shape index (κ3) is 2.68. The van der Waals surface area contributed by atoms with E-state index < -0.39 is 0 Å². The molecule has 0 fully saturated rings. The van der Waals surface area contributed by atoms with Crippen molar-refractivity contribution < 1.29 is 0 Å². The van der Waals surface area contributed by atoms with Gasteiger partial charge in [0.25, 0.3) is 0 Å². The first-order valence-corrected chi connectivity index (χ1v) is 7.14. The second kappa shape index (κ2) is 5.68. The summed E-state index contributed by atoms with van der Waals surface area (Å²) >= 11 is 11.3. The van der Waals surface area contributed by atoms with Gasteiger partial charge in [0.15, 0.2) is 0 Å². The fourth-order valence-electron chi connectivity index (χ4n) is 2.24. The van der Waals surface area contributed by atoms with Gasteiger partial charge in [-0.3, -0.25) is 4.98 Å². The number of thiocarbonyl (C=S) groups is 1. The molecule has 0 radical (unpaired) electrons. The number of hydrogen-bond donors (Lipinski definition) is 2. The molecule has 0 unspecified atom stereocenters. The molecule has 0 atom stereocenters. The fraction of sp³-hybridized carbons (Fsp3) is 0. The van der Waals surface area contributed by atoms with Crippen LogP contribution in [0.5, 0.6) is 0 Å². The van der Waals surface area contributed by atoms with E-state index in [1.54, 1.807) is 12.3 Å². The van der Waals surface area contributed by atoms with Crippen LogP contribution in [0.3, 0.4) is 0 Å². The molecular formula is C16H12ClN3S. The Morgan fingerprint density at radius 1 is 1.05 bits per heavy atom. The van der Waals surface area contributed by atoms with Crippen LogP contribution in [-0.4, -0.2) is 9.97 Å². The predicted octanol–water partition coefficient (Wildman–Crippen LogP) is 4.27. The van der Waals surface area contributed by atoms with Gasteiger partial charge in [-0.2, -0.15) is 0 Å². The number of halogens is 1. The number of aromatic nitrogens is 1. The van der Waals surface area contributed by atoms with Crippen LogP contribution in [0.2, 0.25) is 5.02 Å². The Bertz CT molecular complexity index is 827. The lowest BCUT2D eigenvalue weighted by atomic mass is 10.1. The van der Waals surface area contributed by atoms with Gasteiger partial charge < -0.3 is 11.1 Å². The zero-order valence-corrected chi connectivity index (χ0v) is 12.6. The van der Waals surface area contributed by atoms with Crippen LogP contribution in [0.4, 0.5) is 11.4 Å². The molecular weight excluding hydrogens is 302 g/mol. The molecule has 21 heavy (non-hydrogen) atoms. The van der Waals surface area contributed by atoms with E-state index in [4.69, 9.17) is 29.6 Å². The molecule has 1 aromatic heterocycles. The smallest absolute Gasteiger partial charge is 0.107 e. The fourth-order valence-corrected chi connectivity index (χ4v) is 2.79. The zero-order valence-electron chi connectivity index (χ0n) is 11.0. The van der Waals surface area contributed by atoms with Crippen LogP contribution in [0, 0.1) is 0 Å². The number of benzene rings is 2. The van der Waals surface area contributed by atoms with Gasteiger partial charge in [0, 0.05) is 17.3 Å². The minimum atomic E-state index is 0.265. The molecule has 0 saturated carbocycles. The molecule has 3 aromatic rings. The van der Waals surface area contributed by atoms with Crippen LogP contribution in [-0.2, 0) is 0 Å². The zero-order chi connectivity index (χ0) is 14.8. The van der Waals surface area contributed by atoms with E-state index in [2.05, 4.69) is 10.3 Å². The predicted molar refractivity (Wildman–Crippen MR) is 92.4 cm³/mol. The second-order valence-electron chi connectivity index (χ2n) is 4.53. The van der Waals surface area contributed by atoms with Gasteiger partial charge in [0.2, 0.25) is 0 Å². The van der Waals surface area contributed by atoms with E-state index in [-0.39, 0.29) is 4.99 Å². The van der Waals surface area contributed by atoms with Gasteiger partial charge in [0.05, 0.1) is 21.8 Å². The molecule has 3 N–H and O–H groups in total. The Morgan fingerprint density at radius 2 is 1.81 bits per heavy atom. The molecule has 0 spiro atoms. The first-order valence-electron chi connectivity index (χ1n) is 6.36. The highest BCUT2D eigenvalue weighted by atomic mass is 35.5. The van der Waals surface area contributed by atoms with E-state index in [9.17, 15) is 0 Å². The first kappa shape index (κ1) is 13.8. The Morgan fingerprint density at radius 3 is 2.62 bits per heavy atom. The van der Waals surface area contributed by atoms with Crippen molar-refractivity contribution in [2.24, 2.45) is 5.73 Å². The lowest BCUT2D eigenvalue weighted by Gasteiger charge is -2.14. The number of hydrogen-bond acceptors (Lipinski definition) is 3. The van der Waals surface area contributed by atoms with E-state index in [1.165, 1.54) is 0 Å². The van der Waals surface area contributed by atoms with Crippen molar-refractivity contribution in [1.82, 2.24) is 4.98 Å². The highest BCUT2D eigenvalue weighted by Gasteiger charge is 2.11. The van der Waals surface area contributed by atoms with Gasteiger partial charge in [-0.15, -0.1) is 0 Å². The molecule has 2 aromatic carbocycles. The molecule has 0 aliphatic carbocycles. The van der Waals surface area contributed by atoms with Gasteiger partial charge >= 0.3 is 0 Å².